The summed E-state index contributed by atoms with van der Waals surface area (Å²) in [5.74, 6) is 0. The van der Waals surface area contributed by atoms with Gasteiger partial charge in [-0.05, 0) is 29.8 Å². The van der Waals surface area contributed by atoms with Crippen molar-refractivity contribution in [2.24, 2.45) is 10.3 Å². The molecule has 0 radical (unpaired) electrons. The molecule has 6 heteroatoms. The zero-order valence-corrected chi connectivity index (χ0v) is 11.0. The summed E-state index contributed by atoms with van der Waals surface area (Å²) in [5, 5.41) is 9.68. The average Bonchev–Trinajstić information content (AvgIpc) is 2.97. The van der Waals surface area contributed by atoms with Crippen LogP contribution in [0.1, 0.15) is 17.2 Å². The third-order valence-electron chi connectivity index (χ3n) is 3.35. The van der Waals surface area contributed by atoms with Gasteiger partial charge in [0.05, 0.1) is 17.8 Å². The first-order valence-corrected chi connectivity index (χ1v) is 6.44. The summed E-state index contributed by atoms with van der Waals surface area (Å²) in [7, 11) is 0. The number of halogens is 3. The Morgan fingerprint density at radius 1 is 0.952 bits per heavy atom. The molecule has 1 aliphatic heterocycles. The molecule has 1 atom stereocenters. The number of anilines is 1. The average molecular weight is 291 g/mol. The molecular formula is C15H12F3N3. The molecule has 1 aliphatic rings. The van der Waals surface area contributed by atoms with Crippen LogP contribution < -0.4 is 5.01 Å². The second-order valence-corrected chi connectivity index (χ2v) is 4.73. The van der Waals surface area contributed by atoms with E-state index >= 15 is 0 Å². The lowest BCUT2D eigenvalue weighted by Crippen LogP contribution is -2.20. The van der Waals surface area contributed by atoms with E-state index in [0.29, 0.717) is 12.2 Å². The smallest absolute Gasteiger partial charge is 0.238 e. The zero-order chi connectivity index (χ0) is 14.9. The van der Waals surface area contributed by atoms with E-state index in [2.05, 4.69) is 10.3 Å². The van der Waals surface area contributed by atoms with Crippen molar-refractivity contribution in [1.82, 2.24) is 0 Å². The van der Waals surface area contributed by atoms with Crippen LogP contribution in [0.25, 0.3) is 0 Å². The Hall–Kier alpha value is -2.37. The van der Waals surface area contributed by atoms with Crippen LogP contribution in [0.3, 0.4) is 0 Å². The molecule has 0 fully saturated rings. The van der Waals surface area contributed by atoms with Gasteiger partial charge in [0.25, 0.3) is 0 Å². The lowest BCUT2D eigenvalue weighted by molar-refractivity contribution is -0.137. The molecule has 2 aromatic carbocycles. The van der Waals surface area contributed by atoms with E-state index in [1.165, 1.54) is 12.1 Å². The molecule has 3 nitrogen and oxygen atoms in total. The molecule has 0 aliphatic carbocycles. The molecule has 21 heavy (non-hydrogen) atoms. The van der Waals surface area contributed by atoms with E-state index in [1.54, 1.807) is 5.01 Å². The predicted molar refractivity (Wildman–Crippen MR) is 72.8 cm³/mol. The van der Waals surface area contributed by atoms with Crippen LogP contribution in [0.2, 0.25) is 0 Å². The normalized spacial score (nSPS) is 18.2. The van der Waals surface area contributed by atoms with Gasteiger partial charge >= 0.3 is 6.18 Å². The Bertz CT molecular complexity index is 635. The molecule has 0 saturated heterocycles. The summed E-state index contributed by atoms with van der Waals surface area (Å²) in [6.07, 6.45) is -4.33. The third kappa shape index (κ3) is 2.74. The quantitative estimate of drug-likeness (QED) is 0.792. The van der Waals surface area contributed by atoms with Crippen molar-refractivity contribution in [2.75, 3.05) is 11.6 Å². The molecular weight excluding hydrogens is 279 g/mol. The van der Waals surface area contributed by atoms with Gasteiger partial charge in [0.15, 0.2) is 0 Å². The van der Waals surface area contributed by atoms with Gasteiger partial charge in [0.1, 0.15) is 6.04 Å². The summed E-state index contributed by atoms with van der Waals surface area (Å²) < 4.78 is 37.7. The maximum atomic E-state index is 12.6. The van der Waals surface area contributed by atoms with E-state index in [0.717, 1.165) is 17.7 Å². The summed E-state index contributed by atoms with van der Waals surface area (Å²) in [5.41, 5.74) is 0.958. The van der Waals surface area contributed by atoms with E-state index in [4.69, 9.17) is 0 Å². The number of benzene rings is 2. The highest BCUT2D eigenvalue weighted by Gasteiger charge is 2.31. The molecule has 108 valence electrons. The van der Waals surface area contributed by atoms with E-state index in [1.807, 2.05) is 30.3 Å². The van der Waals surface area contributed by atoms with Gasteiger partial charge in [-0.3, -0.25) is 0 Å². The number of nitrogens with zero attached hydrogens (tertiary/aromatic N) is 3. The second kappa shape index (κ2) is 5.20. The fourth-order valence-electron chi connectivity index (χ4n) is 2.28. The van der Waals surface area contributed by atoms with Crippen molar-refractivity contribution in [3.63, 3.8) is 0 Å². The van der Waals surface area contributed by atoms with Crippen LogP contribution in [0.15, 0.2) is 64.9 Å². The van der Waals surface area contributed by atoms with Crippen molar-refractivity contribution in [3.05, 3.63) is 65.7 Å². The van der Waals surface area contributed by atoms with Crippen molar-refractivity contribution in [1.29, 1.82) is 0 Å². The lowest BCUT2D eigenvalue weighted by atomic mass is 10.1. The number of alkyl halides is 3. The van der Waals surface area contributed by atoms with Crippen LogP contribution >= 0.6 is 0 Å². The van der Waals surface area contributed by atoms with Gasteiger partial charge in [0, 0.05) is 0 Å². The minimum Gasteiger partial charge on any atom is -0.238 e. The molecule has 3 rings (SSSR count). The first-order valence-electron chi connectivity index (χ1n) is 6.44. The van der Waals surface area contributed by atoms with E-state index in [-0.39, 0.29) is 6.04 Å². The van der Waals surface area contributed by atoms with Gasteiger partial charge in [-0.15, -0.1) is 0 Å². The molecule has 0 aromatic heterocycles. The molecule has 0 N–H and O–H groups in total. The largest absolute Gasteiger partial charge is 0.416 e. The highest BCUT2D eigenvalue weighted by molar-refractivity contribution is 5.50. The van der Waals surface area contributed by atoms with Crippen molar-refractivity contribution >= 4 is 5.69 Å². The van der Waals surface area contributed by atoms with Gasteiger partial charge in [-0.2, -0.15) is 18.3 Å². The van der Waals surface area contributed by atoms with Crippen molar-refractivity contribution < 1.29 is 13.2 Å². The molecule has 1 heterocycles. The predicted octanol–water partition coefficient (Wildman–Crippen LogP) is 4.63. The van der Waals surface area contributed by atoms with Crippen LogP contribution in [-0.4, -0.2) is 6.54 Å². The Labute approximate surface area is 119 Å². The third-order valence-corrected chi connectivity index (χ3v) is 3.35. The van der Waals surface area contributed by atoms with E-state index < -0.39 is 11.7 Å². The first kappa shape index (κ1) is 13.6. The van der Waals surface area contributed by atoms with Crippen LogP contribution in [0, 0.1) is 0 Å². The maximum absolute atomic E-state index is 12.6. The summed E-state index contributed by atoms with van der Waals surface area (Å²) in [6, 6.07) is 14.5. The fraction of sp³-hybridized carbons (Fsp3) is 0.200. The SMILES string of the molecule is FC(F)(F)c1ccc(N2N=NC[C@H]2c2ccccc2)cc1. The molecule has 2 aromatic rings. The van der Waals surface area contributed by atoms with Crippen molar-refractivity contribution in [3.8, 4) is 0 Å². The van der Waals surface area contributed by atoms with Gasteiger partial charge in [-0.25, -0.2) is 5.01 Å². The van der Waals surface area contributed by atoms with Crippen LogP contribution in [0.4, 0.5) is 18.9 Å². The first-order chi connectivity index (χ1) is 10.1. The van der Waals surface area contributed by atoms with Crippen LogP contribution in [-0.2, 0) is 6.18 Å². The zero-order valence-electron chi connectivity index (χ0n) is 11.0. The molecule has 0 amide bonds. The number of hydrogen-bond acceptors (Lipinski definition) is 3. The monoisotopic (exact) mass is 291 g/mol. The minimum atomic E-state index is -4.33. The highest BCUT2D eigenvalue weighted by Crippen LogP contribution is 2.35. The summed E-state index contributed by atoms with van der Waals surface area (Å²) in [4.78, 5) is 0. The molecule has 0 unspecified atom stereocenters. The Kier molecular flexibility index (Phi) is 3.37. The lowest BCUT2D eigenvalue weighted by Gasteiger charge is -2.22. The Balaban J connectivity index is 1.87. The van der Waals surface area contributed by atoms with Gasteiger partial charge < -0.3 is 0 Å². The highest BCUT2D eigenvalue weighted by atomic mass is 19.4. The number of rotatable bonds is 2. The summed E-state index contributed by atoms with van der Waals surface area (Å²) in [6.45, 7) is 0.491. The van der Waals surface area contributed by atoms with Gasteiger partial charge in [0.2, 0.25) is 0 Å². The fourth-order valence-corrected chi connectivity index (χ4v) is 2.28. The molecule has 0 saturated carbocycles. The van der Waals surface area contributed by atoms with Gasteiger partial charge in [-0.1, -0.05) is 35.6 Å². The minimum absolute atomic E-state index is 0.0806. The second-order valence-electron chi connectivity index (χ2n) is 4.73. The number of hydrogen-bond donors (Lipinski definition) is 0. The topological polar surface area (TPSA) is 28.0 Å². The maximum Gasteiger partial charge on any atom is 0.416 e. The summed E-state index contributed by atoms with van der Waals surface area (Å²) >= 11 is 0. The van der Waals surface area contributed by atoms with Crippen molar-refractivity contribution in [2.45, 2.75) is 12.2 Å². The van der Waals surface area contributed by atoms with Crippen LogP contribution in [0.5, 0.6) is 0 Å². The standard InChI is InChI=1S/C15H12F3N3/c16-15(17,18)12-6-8-13(9-7-12)21-14(10-19-20-21)11-4-2-1-3-5-11/h1-9,14H,10H2/t14-/m0/s1. The Morgan fingerprint density at radius 3 is 2.24 bits per heavy atom. The molecule has 0 spiro atoms. The van der Waals surface area contributed by atoms with E-state index in [9.17, 15) is 13.2 Å². The Morgan fingerprint density at radius 2 is 1.62 bits per heavy atom. The molecule has 0 bridgehead atoms.